The third-order valence-electron chi connectivity index (χ3n) is 3.81. The molecule has 1 amide bonds. The lowest BCUT2D eigenvalue weighted by Gasteiger charge is -2.18. The van der Waals surface area contributed by atoms with Crippen LogP contribution in [0.2, 0.25) is 0 Å². The van der Waals surface area contributed by atoms with Gasteiger partial charge >= 0.3 is 6.18 Å². The van der Waals surface area contributed by atoms with E-state index in [1.807, 2.05) is 0 Å². The first-order valence-corrected chi connectivity index (χ1v) is 7.44. The number of rotatable bonds is 3. The van der Waals surface area contributed by atoms with Gasteiger partial charge in [-0.25, -0.2) is 13.9 Å². The maximum Gasteiger partial charge on any atom is 0.419 e. The van der Waals surface area contributed by atoms with Gasteiger partial charge in [0.05, 0.1) is 17.2 Å². The van der Waals surface area contributed by atoms with E-state index in [1.54, 1.807) is 0 Å². The summed E-state index contributed by atoms with van der Waals surface area (Å²) in [4.78, 5) is 16.3. The molecule has 0 aliphatic heterocycles. The lowest BCUT2D eigenvalue weighted by molar-refractivity contribution is -0.140. The van der Waals surface area contributed by atoms with Crippen molar-refractivity contribution in [2.75, 3.05) is 0 Å². The highest BCUT2D eigenvalue weighted by molar-refractivity contribution is 6.36. The minimum atomic E-state index is -4.82. The van der Waals surface area contributed by atoms with Gasteiger partial charge < -0.3 is 5.32 Å². The third kappa shape index (κ3) is 3.26. The van der Waals surface area contributed by atoms with Gasteiger partial charge in [0.25, 0.3) is 5.91 Å². The van der Waals surface area contributed by atoms with Crippen LogP contribution in [0.15, 0.2) is 36.8 Å². The van der Waals surface area contributed by atoms with E-state index in [1.165, 1.54) is 36.1 Å². The largest absolute Gasteiger partial charge is 0.419 e. The van der Waals surface area contributed by atoms with Crippen molar-refractivity contribution < 1.29 is 22.4 Å². The third-order valence-corrected chi connectivity index (χ3v) is 3.81. The second-order valence-corrected chi connectivity index (χ2v) is 5.61. The quantitative estimate of drug-likeness (QED) is 0.574. The molecule has 0 fully saturated rings. The zero-order valence-corrected chi connectivity index (χ0v) is 13.4. The predicted octanol–water partition coefficient (Wildman–Crippen LogP) is 2.17. The van der Waals surface area contributed by atoms with Crippen molar-refractivity contribution in [2.45, 2.75) is 19.1 Å². The van der Waals surface area contributed by atoms with Crippen molar-refractivity contribution in [1.82, 2.24) is 19.9 Å². The van der Waals surface area contributed by atoms with E-state index < -0.39 is 29.5 Å². The molecule has 3 rings (SSSR count). The predicted molar refractivity (Wildman–Crippen MR) is 85.7 cm³/mol. The van der Waals surface area contributed by atoms with E-state index in [9.17, 15) is 22.4 Å². The number of nitrogens with one attached hydrogen (secondary N) is 1. The van der Waals surface area contributed by atoms with Gasteiger partial charge in [-0.1, -0.05) is 23.7 Å². The molecule has 0 saturated carbocycles. The summed E-state index contributed by atoms with van der Waals surface area (Å²) in [5.74, 6) is -2.06. The first kappa shape index (κ1) is 17.9. The summed E-state index contributed by atoms with van der Waals surface area (Å²) < 4.78 is 54.0. The normalized spacial score (nSPS) is 13.0. The molecule has 0 aliphatic carbocycles. The smallest absolute Gasteiger partial charge is 0.345 e. The van der Waals surface area contributed by atoms with E-state index in [0.29, 0.717) is 11.7 Å². The number of nitrogens with zero attached hydrogens (tertiary/aromatic N) is 3. The molecule has 5 nitrogen and oxygen atoms in total. The molecule has 0 aliphatic rings. The summed E-state index contributed by atoms with van der Waals surface area (Å²) in [5.41, 5.74) is -0.987. The lowest BCUT2D eigenvalue weighted by atomic mass is 9.96. The molecule has 2 radical (unpaired) electrons. The number of carbonyl (C=O) groups is 1. The van der Waals surface area contributed by atoms with Crippen molar-refractivity contribution in [3.63, 3.8) is 0 Å². The first-order chi connectivity index (χ1) is 12.2. The highest BCUT2D eigenvalue weighted by Gasteiger charge is 2.35. The Morgan fingerprint density at radius 3 is 2.77 bits per heavy atom. The number of alkyl halides is 3. The Balaban J connectivity index is 1.87. The standard InChI is InChI=1S/C16H11BF4N4O/c1-8(10-3-2-4-11(13(10)18)16(19,20)21)24-15(26)9-5-12(17)14-22-7-23-25(14)6-9/h2-8H,1H3,(H,24,26)/t8-/m1/s1. The molecule has 3 aromatic rings. The zero-order chi connectivity index (χ0) is 19.1. The molecule has 132 valence electrons. The number of amides is 1. The van der Waals surface area contributed by atoms with Crippen molar-refractivity contribution in [1.29, 1.82) is 0 Å². The molecule has 2 aromatic heterocycles. The maximum absolute atomic E-state index is 14.2. The Kier molecular flexibility index (Phi) is 4.43. The van der Waals surface area contributed by atoms with Crippen LogP contribution in [-0.2, 0) is 6.18 Å². The number of hydrogen-bond donors (Lipinski definition) is 1. The van der Waals surface area contributed by atoms with Gasteiger partial charge in [0.15, 0.2) is 0 Å². The van der Waals surface area contributed by atoms with Crippen LogP contribution < -0.4 is 10.8 Å². The second kappa shape index (κ2) is 6.43. The van der Waals surface area contributed by atoms with Crippen molar-refractivity contribution in [3.8, 4) is 0 Å². The summed E-state index contributed by atoms with van der Waals surface area (Å²) in [6.45, 7) is 1.38. The summed E-state index contributed by atoms with van der Waals surface area (Å²) in [6, 6.07) is 3.27. The van der Waals surface area contributed by atoms with Crippen molar-refractivity contribution in [2.24, 2.45) is 0 Å². The number of hydrogen-bond acceptors (Lipinski definition) is 3. The fraction of sp³-hybridized carbons (Fsp3) is 0.188. The van der Waals surface area contributed by atoms with Crippen molar-refractivity contribution in [3.05, 3.63) is 59.3 Å². The number of pyridine rings is 1. The molecular formula is C16H11BF4N4O. The number of benzene rings is 1. The van der Waals surface area contributed by atoms with Gasteiger partial charge in [-0.15, -0.1) is 0 Å². The highest BCUT2D eigenvalue weighted by Crippen LogP contribution is 2.33. The minimum Gasteiger partial charge on any atom is -0.345 e. The van der Waals surface area contributed by atoms with E-state index in [-0.39, 0.29) is 16.6 Å². The fourth-order valence-electron chi connectivity index (χ4n) is 2.54. The second-order valence-electron chi connectivity index (χ2n) is 5.61. The Hall–Kier alpha value is -2.91. The lowest BCUT2D eigenvalue weighted by Crippen LogP contribution is -2.29. The molecule has 1 atom stereocenters. The minimum absolute atomic E-state index is 0.111. The fourth-order valence-corrected chi connectivity index (χ4v) is 2.54. The highest BCUT2D eigenvalue weighted by atomic mass is 19.4. The molecule has 1 aromatic carbocycles. The Bertz CT molecular complexity index is 986. The van der Waals surface area contributed by atoms with Crippen LogP contribution in [0.25, 0.3) is 5.65 Å². The van der Waals surface area contributed by atoms with Crippen molar-refractivity contribution >= 4 is 24.9 Å². The Morgan fingerprint density at radius 1 is 1.35 bits per heavy atom. The van der Waals surface area contributed by atoms with Gasteiger partial charge in [-0.3, -0.25) is 4.79 Å². The van der Waals surface area contributed by atoms with Crippen LogP contribution in [0, 0.1) is 5.82 Å². The van der Waals surface area contributed by atoms with E-state index >= 15 is 0 Å². The maximum atomic E-state index is 14.2. The first-order valence-electron chi connectivity index (χ1n) is 7.44. The molecule has 10 heteroatoms. The molecule has 0 saturated heterocycles. The summed E-state index contributed by atoms with van der Waals surface area (Å²) >= 11 is 0. The van der Waals surface area contributed by atoms with Gasteiger partial charge in [-0.05, 0) is 13.0 Å². The Labute approximate surface area is 146 Å². The number of aromatic nitrogens is 3. The monoisotopic (exact) mass is 362 g/mol. The van der Waals surface area contributed by atoms with Gasteiger partial charge in [0, 0.05) is 11.8 Å². The van der Waals surface area contributed by atoms with Gasteiger partial charge in [0.1, 0.15) is 25.6 Å². The van der Waals surface area contributed by atoms with E-state index in [4.69, 9.17) is 7.85 Å². The molecule has 2 heterocycles. The van der Waals surface area contributed by atoms with Gasteiger partial charge in [0.2, 0.25) is 0 Å². The van der Waals surface area contributed by atoms with Crippen LogP contribution in [0.1, 0.15) is 34.5 Å². The molecule has 26 heavy (non-hydrogen) atoms. The zero-order valence-electron chi connectivity index (χ0n) is 13.4. The number of carbonyl (C=O) groups excluding carboxylic acids is 1. The van der Waals surface area contributed by atoms with Crippen LogP contribution in [-0.4, -0.2) is 28.4 Å². The average molecular weight is 362 g/mol. The van der Waals surface area contributed by atoms with E-state index in [2.05, 4.69) is 15.4 Å². The summed E-state index contributed by atoms with van der Waals surface area (Å²) in [6.07, 6.45) is -2.20. The van der Waals surface area contributed by atoms with Crippen LogP contribution in [0.3, 0.4) is 0 Å². The van der Waals surface area contributed by atoms with Crippen LogP contribution in [0.5, 0.6) is 0 Å². The molecule has 0 bridgehead atoms. The summed E-state index contributed by atoms with van der Waals surface area (Å²) in [7, 11) is 5.78. The number of fused-ring (bicyclic) bond motifs is 1. The average Bonchev–Trinajstić information content (AvgIpc) is 3.02. The molecular weight excluding hydrogens is 351 g/mol. The summed E-state index contributed by atoms with van der Waals surface area (Å²) in [5, 5.41) is 6.33. The van der Waals surface area contributed by atoms with Gasteiger partial charge in [-0.2, -0.15) is 18.3 Å². The van der Waals surface area contributed by atoms with Crippen LogP contribution >= 0.6 is 0 Å². The van der Waals surface area contributed by atoms with E-state index in [0.717, 1.165) is 6.07 Å². The Morgan fingerprint density at radius 2 is 2.08 bits per heavy atom. The topological polar surface area (TPSA) is 59.3 Å². The van der Waals surface area contributed by atoms with Crippen LogP contribution in [0.4, 0.5) is 17.6 Å². The SMILES string of the molecule is [B]c1cc(C(=O)N[C@H](C)c2cccc(C(F)(F)F)c2F)cn2ncnc12. The molecule has 0 spiro atoms. The molecule has 0 unspecified atom stereocenters. The molecule has 1 N–H and O–H groups in total. The number of halogens is 4.